The third kappa shape index (κ3) is 3.13. The number of para-hydroxylation sites is 1. The second-order valence-electron chi connectivity index (χ2n) is 4.86. The third-order valence-electron chi connectivity index (χ3n) is 3.38. The van der Waals surface area contributed by atoms with Crippen LogP contribution >= 0.6 is 28.1 Å². The number of rotatable bonds is 3. The summed E-state index contributed by atoms with van der Waals surface area (Å²) in [7, 11) is 1.61. The lowest BCUT2D eigenvalue weighted by atomic mass is 10.2. The van der Waals surface area contributed by atoms with Crippen molar-refractivity contribution in [3.63, 3.8) is 0 Å². The quantitative estimate of drug-likeness (QED) is 0.642. The first kappa shape index (κ1) is 15.7. The molecule has 1 aliphatic heterocycles. The van der Waals surface area contributed by atoms with Gasteiger partial charge in [-0.25, -0.2) is 0 Å². The third-order valence-corrected chi connectivity index (χ3v) is 4.28. The van der Waals surface area contributed by atoms with Gasteiger partial charge in [0.25, 0.3) is 5.91 Å². The zero-order chi connectivity index (χ0) is 16.4. The first-order valence-corrected chi connectivity index (χ1v) is 8.06. The average molecular weight is 389 g/mol. The lowest BCUT2D eigenvalue weighted by Gasteiger charge is -2.13. The highest BCUT2D eigenvalue weighted by molar-refractivity contribution is 9.10. The number of nitrogens with one attached hydrogen (secondary N) is 1. The monoisotopic (exact) mass is 388 g/mol. The standard InChI is InChI=1S/C17H13BrN2O2S/c1-22-15-8-7-11(9-13(15)18)10-14-16(21)20(17(23)19-14)12-5-3-2-4-6-12/h2-10H,1H3,(H,19,23). The number of thiocarbonyl (C=S) groups is 1. The normalized spacial score (nSPS) is 15.9. The number of ether oxygens (including phenoxy) is 1. The summed E-state index contributed by atoms with van der Waals surface area (Å²) in [5.41, 5.74) is 2.05. The largest absolute Gasteiger partial charge is 0.496 e. The summed E-state index contributed by atoms with van der Waals surface area (Å²) in [4.78, 5) is 14.1. The van der Waals surface area contributed by atoms with Crippen LogP contribution in [0.15, 0.2) is 58.7 Å². The lowest BCUT2D eigenvalue weighted by molar-refractivity contribution is -0.113. The van der Waals surface area contributed by atoms with Crippen LogP contribution in [0.5, 0.6) is 5.75 Å². The van der Waals surface area contributed by atoms with Crippen molar-refractivity contribution in [2.75, 3.05) is 12.0 Å². The summed E-state index contributed by atoms with van der Waals surface area (Å²) in [6.07, 6.45) is 1.77. The topological polar surface area (TPSA) is 41.6 Å². The predicted octanol–water partition coefficient (Wildman–Crippen LogP) is 3.72. The highest BCUT2D eigenvalue weighted by Gasteiger charge is 2.31. The van der Waals surface area contributed by atoms with Crippen LogP contribution in [0.1, 0.15) is 5.56 Å². The van der Waals surface area contributed by atoms with Crippen molar-refractivity contribution in [3.05, 3.63) is 64.3 Å². The number of hydrogen-bond acceptors (Lipinski definition) is 3. The van der Waals surface area contributed by atoms with Crippen molar-refractivity contribution in [1.29, 1.82) is 0 Å². The van der Waals surface area contributed by atoms with Gasteiger partial charge in [0, 0.05) is 0 Å². The molecule has 6 heteroatoms. The van der Waals surface area contributed by atoms with E-state index in [0.717, 1.165) is 21.5 Å². The van der Waals surface area contributed by atoms with Gasteiger partial charge in [-0.2, -0.15) is 0 Å². The van der Waals surface area contributed by atoms with Crippen molar-refractivity contribution in [2.24, 2.45) is 0 Å². The first-order valence-electron chi connectivity index (χ1n) is 6.86. The molecule has 0 aliphatic carbocycles. The van der Waals surface area contributed by atoms with Gasteiger partial charge >= 0.3 is 0 Å². The molecule has 1 heterocycles. The molecule has 1 fully saturated rings. The molecule has 23 heavy (non-hydrogen) atoms. The van der Waals surface area contributed by atoms with Crippen LogP contribution in [0.4, 0.5) is 5.69 Å². The molecule has 3 rings (SSSR count). The molecular weight excluding hydrogens is 376 g/mol. The Morgan fingerprint density at radius 1 is 1.22 bits per heavy atom. The van der Waals surface area contributed by atoms with Crippen LogP contribution in [0.3, 0.4) is 0 Å². The SMILES string of the molecule is COc1ccc(C=C2NC(=S)N(c3ccccc3)C2=O)cc1Br. The number of benzene rings is 2. The van der Waals surface area contributed by atoms with Crippen molar-refractivity contribution in [3.8, 4) is 5.75 Å². The summed E-state index contributed by atoms with van der Waals surface area (Å²) in [5.74, 6) is 0.562. The molecular formula is C17H13BrN2O2S. The van der Waals surface area contributed by atoms with Crippen molar-refractivity contribution in [1.82, 2.24) is 5.32 Å². The van der Waals surface area contributed by atoms with E-state index < -0.39 is 0 Å². The number of amides is 1. The van der Waals surface area contributed by atoms with Gasteiger partial charge < -0.3 is 10.1 Å². The van der Waals surface area contributed by atoms with E-state index in [0.29, 0.717) is 10.8 Å². The van der Waals surface area contributed by atoms with Crippen LogP contribution < -0.4 is 15.0 Å². The van der Waals surface area contributed by atoms with Gasteiger partial charge in [0.15, 0.2) is 5.11 Å². The summed E-state index contributed by atoms with van der Waals surface area (Å²) in [5, 5.41) is 3.35. The zero-order valence-corrected chi connectivity index (χ0v) is 14.6. The molecule has 1 aliphatic rings. The van der Waals surface area contributed by atoms with Crippen LogP contribution in [-0.4, -0.2) is 18.1 Å². The molecule has 1 N–H and O–H groups in total. The number of nitrogens with zero attached hydrogens (tertiary/aromatic N) is 1. The van der Waals surface area contributed by atoms with Gasteiger partial charge in [-0.05, 0) is 64.1 Å². The summed E-state index contributed by atoms with van der Waals surface area (Å²) < 4.78 is 6.03. The fourth-order valence-corrected chi connectivity index (χ4v) is 3.14. The minimum Gasteiger partial charge on any atom is -0.496 e. The van der Waals surface area contributed by atoms with E-state index in [-0.39, 0.29) is 5.91 Å². The number of carbonyl (C=O) groups excluding carboxylic acids is 1. The van der Waals surface area contributed by atoms with Crippen molar-refractivity contribution in [2.45, 2.75) is 0 Å². The number of hydrogen-bond donors (Lipinski definition) is 1. The Kier molecular flexibility index (Phi) is 4.45. The second kappa shape index (κ2) is 6.52. The van der Waals surface area contributed by atoms with Crippen molar-refractivity contribution >= 4 is 50.9 Å². The van der Waals surface area contributed by atoms with Crippen LogP contribution in [0.2, 0.25) is 0 Å². The maximum absolute atomic E-state index is 12.6. The predicted molar refractivity (Wildman–Crippen MR) is 98.3 cm³/mol. The fourth-order valence-electron chi connectivity index (χ4n) is 2.29. The number of carbonyl (C=O) groups is 1. The first-order chi connectivity index (χ1) is 11.1. The van der Waals surface area contributed by atoms with E-state index in [9.17, 15) is 4.79 Å². The van der Waals surface area contributed by atoms with Crippen LogP contribution in [0, 0.1) is 0 Å². The van der Waals surface area contributed by atoms with E-state index in [2.05, 4.69) is 21.2 Å². The zero-order valence-electron chi connectivity index (χ0n) is 12.2. The number of anilines is 1. The molecule has 0 atom stereocenters. The molecule has 2 aromatic carbocycles. The van der Waals surface area contributed by atoms with E-state index in [1.54, 1.807) is 13.2 Å². The molecule has 0 spiro atoms. The van der Waals surface area contributed by atoms with Gasteiger partial charge in [0.1, 0.15) is 11.4 Å². The molecule has 4 nitrogen and oxygen atoms in total. The second-order valence-corrected chi connectivity index (χ2v) is 6.10. The fraction of sp³-hybridized carbons (Fsp3) is 0.0588. The Morgan fingerprint density at radius 2 is 1.96 bits per heavy atom. The van der Waals surface area contributed by atoms with Crippen LogP contribution in [-0.2, 0) is 4.79 Å². The minimum absolute atomic E-state index is 0.173. The maximum atomic E-state index is 12.6. The molecule has 0 unspecified atom stereocenters. The Hall–Kier alpha value is -2.18. The van der Waals surface area contributed by atoms with Gasteiger partial charge in [0.2, 0.25) is 0 Å². The average Bonchev–Trinajstić information content (AvgIpc) is 2.82. The molecule has 1 amide bonds. The Labute approximate surface area is 147 Å². The molecule has 2 aromatic rings. The summed E-state index contributed by atoms with van der Waals surface area (Å²) in [6.45, 7) is 0. The van der Waals surface area contributed by atoms with E-state index in [1.807, 2.05) is 48.5 Å². The number of halogens is 1. The Bertz CT molecular complexity index is 805. The molecule has 0 bridgehead atoms. The Morgan fingerprint density at radius 3 is 2.61 bits per heavy atom. The molecule has 0 saturated carbocycles. The molecule has 0 aromatic heterocycles. The minimum atomic E-state index is -0.173. The lowest BCUT2D eigenvalue weighted by Crippen LogP contribution is -2.30. The van der Waals surface area contributed by atoms with E-state index in [4.69, 9.17) is 17.0 Å². The van der Waals surface area contributed by atoms with Gasteiger partial charge in [-0.3, -0.25) is 9.69 Å². The molecule has 1 saturated heterocycles. The van der Waals surface area contributed by atoms with Crippen molar-refractivity contribution < 1.29 is 9.53 Å². The summed E-state index contributed by atoms with van der Waals surface area (Å²) >= 11 is 8.72. The van der Waals surface area contributed by atoms with E-state index >= 15 is 0 Å². The van der Waals surface area contributed by atoms with Gasteiger partial charge in [-0.1, -0.05) is 24.3 Å². The van der Waals surface area contributed by atoms with Gasteiger partial charge in [0.05, 0.1) is 17.3 Å². The smallest absolute Gasteiger partial charge is 0.281 e. The highest BCUT2D eigenvalue weighted by atomic mass is 79.9. The summed E-state index contributed by atoms with van der Waals surface area (Å²) in [6, 6.07) is 14.9. The molecule has 116 valence electrons. The van der Waals surface area contributed by atoms with Gasteiger partial charge in [-0.15, -0.1) is 0 Å². The highest BCUT2D eigenvalue weighted by Crippen LogP contribution is 2.27. The number of methoxy groups -OCH3 is 1. The van der Waals surface area contributed by atoms with E-state index in [1.165, 1.54) is 4.90 Å². The Balaban J connectivity index is 1.91. The molecule has 0 radical (unpaired) electrons. The maximum Gasteiger partial charge on any atom is 0.281 e. The van der Waals surface area contributed by atoms with Crippen LogP contribution in [0.25, 0.3) is 6.08 Å².